The predicted molar refractivity (Wildman–Crippen MR) is 62.7 cm³/mol. The van der Waals surface area contributed by atoms with Gasteiger partial charge >= 0.3 is 0 Å². The summed E-state index contributed by atoms with van der Waals surface area (Å²) in [7, 11) is 0. The largest absolute Gasteiger partial charge is 0.127 e. The first-order valence-corrected chi connectivity index (χ1v) is 6.04. The van der Waals surface area contributed by atoms with Gasteiger partial charge in [0.05, 0.1) is 0 Å². The van der Waals surface area contributed by atoms with Gasteiger partial charge in [-0.25, -0.2) is 0 Å². The fourth-order valence-electron chi connectivity index (χ4n) is 1.24. The predicted octanol–water partition coefficient (Wildman–Crippen LogP) is 4.36. The summed E-state index contributed by atoms with van der Waals surface area (Å²) in [6.07, 6.45) is 2.01. The highest BCUT2D eigenvalue weighted by Crippen LogP contribution is 2.23. The molecule has 0 amide bonds. The summed E-state index contributed by atoms with van der Waals surface area (Å²) >= 11 is 15.0. The van der Waals surface area contributed by atoms with Crippen molar-refractivity contribution in [1.82, 2.24) is 0 Å². The minimum Gasteiger partial charge on any atom is -0.127 e. The van der Waals surface area contributed by atoms with Gasteiger partial charge in [-0.1, -0.05) is 28.1 Å². The van der Waals surface area contributed by atoms with Crippen LogP contribution in [0.4, 0.5) is 0 Å². The van der Waals surface area contributed by atoms with Crippen LogP contribution in [-0.4, -0.2) is 5.88 Å². The van der Waals surface area contributed by atoms with Gasteiger partial charge in [-0.2, -0.15) is 0 Å². The molecule has 13 heavy (non-hydrogen) atoms. The van der Waals surface area contributed by atoms with Crippen LogP contribution in [-0.2, 0) is 12.3 Å². The quantitative estimate of drug-likeness (QED) is 0.720. The number of rotatable bonds is 4. The van der Waals surface area contributed by atoms with Crippen LogP contribution in [0.2, 0.25) is 0 Å². The molecular weight excluding hydrogens is 271 g/mol. The van der Waals surface area contributed by atoms with E-state index >= 15 is 0 Å². The van der Waals surface area contributed by atoms with Crippen LogP contribution in [0.15, 0.2) is 22.7 Å². The van der Waals surface area contributed by atoms with Gasteiger partial charge in [0.1, 0.15) is 0 Å². The van der Waals surface area contributed by atoms with Crippen LogP contribution in [0.5, 0.6) is 0 Å². The minimum absolute atomic E-state index is 0.555. The molecule has 0 saturated heterocycles. The molecule has 0 N–H and O–H groups in total. The van der Waals surface area contributed by atoms with Crippen molar-refractivity contribution in [2.24, 2.45) is 0 Å². The summed E-state index contributed by atoms with van der Waals surface area (Å²) in [6.45, 7) is 0. The van der Waals surface area contributed by atoms with Gasteiger partial charge < -0.3 is 0 Å². The van der Waals surface area contributed by atoms with Crippen LogP contribution < -0.4 is 0 Å². The molecule has 1 rings (SSSR count). The lowest BCUT2D eigenvalue weighted by Gasteiger charge is -2.07. The Morgan fingerprint density at radius 2 is 2.00 bits per heavy atom. The fraction of sp³-hybridized carbons (Fsp3) is 0.400. The second kappa shape index (κ2) is 5.90. The molecule has 0 bridgehead atoms. The van der Waals surface area contributed by atoms with Crippen LogP contribution >= 0.6 is 39.1 Å². The lowest BCUT2D eigenvalue weighted by molar-refractivity contribution is 0.915. The Balaban J connectivity index is 2.85. The van der Waals surface area contributed by atoms with E-state index in [-0.39, 0.29) is 0 Å². The molecular formula is C10H11BrCl2. The molecule has 1 aromatic carbocycles. The minimum atomic E-state index is 0.555. The second-order valence-corrected chi connectivity index (χ2v) is 4.30. The summed E-state index contributed by atoms with van der Waals surface area (Å²) in [5.74, 6) is 1.26. The first-order chi connectivity index (χ1) is 6.29. The average molecular weight is 282 g/mol. The zero-order valence-corrected chi connectivity index (χ0v) is 10.3. The van der Waals surface area contributed by atoms with E-state index in [2.05, 4.69) is 22.0 Å². The van der Waals surface area contributed by atoms with Gasteiger partial charge in [0.2, 0.25) is 0 Å². The van der Waals surface area contributed by atoms with E-state index in [1.54, 1.807) is 0 Å². The third-order valence-corrected chi connectivity index (χ3v) is 3.21. The molecule has 0 radical (unpaired) electrons. The van der Waals surface area contributed by atoms with E-state index in [0.717, 1.165) is 17.3 Å². The van der Waals surface area contributed by atoms with Crippen LogP contribution in [0.1, 0.15) is 17.5 Å². The van der Waals surface area contributed by atoms with Crippen LogP contribution in [0, 0.1) is 0 Å². The summed E-state index contributed by atoms with van der Waals surface area (Å²) in [5, 5.41) is 0. The molecule has 0 heterocycles. The summed E-state index contributed by atoms with van der Waals surface area (Å²) < 4.78 is 1.09. The third kappa shape index (κ3) is 3.16. The fourth-order valence-corrected chi connectivity index (χ4v) is 2.40. The normalized spacial score (nSPS) is 10.4. The Bertz CT molecular complexity index is 274. The molecule has 0 aromatic heterocycles. The molecule has 1 aromatic rings. The Hall–Kier alpha value is 0.280. The van der Waals surface area contributed by atoms with Gasteiger partial charge in [0, 0.05) is 16.2 Å². The maximum Gasteiger partial charge on any atom is 0.0487 e. The van der Waals surface area contributed by atoms with E-state index in [1.165, 1.54) is 11.1 Å². The summed E-state index contributed by atoms with van der Waals surface area (Å²) in [4.78, 5) is 0. The number of aryl methyl sites for hydroxylation is 1. The van der Waals surface area contributed by atoms with Crippen molar-refractivity contribution >= 4 is 39.1 Å². The van der Waals surface area contributed by atoms with Crippen molar-refractivity contribution in [3.8, 4) is 0 Å². The SMILES string of the molecule is ClCCCc1cccc(Br)c1CCl. The lowest BCUT2D eigenvalue weighted by atomic mass is 10.0. The van der Waals surface area contributed by atoms with Gasteiger partial charge in [-0.3, -0.25) is 0 Å². The molecule has 0 fully saturated rings. The Morgan fingerprint density at radius 3 is 2.62 bits per heavy atom. The first kappa shape index (κ1) is 11.4. The Labute approximate surface area is 97.4 Å². The average Bonchev–Trinajstić information content (AvgIpc) is 2.15. The third-order valence-electron chi connectivity index (χ3n) is 1.93. The van der Waals surface area contributed by atoms with Gasteiger partial charge in [0.15, 0.2) is 0 Å². The number of benzene rings is 1. The van der Waals surface area contributed by atoms with Crippen molar-refractivity contribution in [3.05, 3.63) is 33.8 Å². The van der Waals surface area contributed by atoms with Crippen molar-refractivity contribution in [1.29, 1.82) is 0 Å². The highest BCUT2D eigenvalue weighted by atomic mass is 79.9. The van der Waals surface area contributed by atoms with Crippen molar-refractivity contribution in [2.45, 2.75) is 18.7 Å². The summed E-state index contributed by atoms with van der Waals surface area (Å²) in [6, 6.07) is 6.15. The molecule has 0 atom stereocenters. The van der Waals surface area contributed by atoms with Gasteiger partial charge in [-0.05, 0) is 30.0 Å². The van der Waals surface area contributed by atoms with E-state index in [0.29, 0.717) is 11.8 Å². The van der Waals surface area contributed by atoms with E-state index in [4.69, 9.17) is 23.2 Å². The zero-order chi connectivity index (χ0) is 9.68. The molecule has 3 heteroatoms. The highest BCUT2D eigenvalue weighted by molar-refractivity contribution is 9.10. The topological polar surface area (TPSA) is 0 Å². The second-order valence-electron chi connectivity index (χ2n) is 2.80. The van der Waals surface area contributed by atoms with E-state index < -0.39 is 0 Å². The van der Waals surface area contributed by atoms with E-state index in [9.17, 15) is 0 Å². The van der Waals surface area contributed by atoms with Gasteiger partial charge in [0.25, 0.3) is 0 Å². The maximum atomic E-state index is 5.85. The molecule has 0 saturated carbocycles. The Morgan fingerprint density at radius 1 is 1.23 bits per heavy atom. The molecule has 0 spiro atoms. The number of halogens is 3. The molecule has 0 aliphatic carbocycles. The van der Waals surface area contributed by atoms with E-state index in [1.807, 2.05) is 12.1 Å². The molecule has 72 valence electrons. The summed E-state index contributed by atoms with van der Waals surface area (Å²) in [5.41, 5.74) is 2.49. The highest BCUT2D eigenvalue weighted by Gasteiger charge is 2.04. The molecule has 0 aliphatic rings. The number of alkyl halides is 2. The van der Waals surface area contributed by atoms with Crippen molar-refractivity contribution < 1.29 is 0 Å². The maximum absolute atomic E-state index is 5.85. The van der Waals surface area contributed by atoms with Crippen molar-refractivity contribution in [2.75, 3.05) is 5.88 Å². The van der Waals surface area contributed by atoms with Crippen LogP contribution in [0.3, 0.4) is 0 Å². The first-order valence-electron chi connectivity index (χ1n) is 4.17. The molecule has 0 unspecified atom stereocenters. The smallest absolute Gasteiger partial charge is 0.0487 e. The van der Waals surface area contributed by atoms with Crippen molar-refractivity contribution in [3.63, 3.8) is 0 Å². The van der Waals surface area contributed by atoms with Crippen LogP contribution in [0.25, 0.3) is 0 Å². The number of hydrogen-bond acceptors (Lipinski definition) is 0. The zero-order valence-electron chi connectivity index (χ0n) is 7.19. The number of hydrogen-bond donors (Lipinski definition) is 0. The lowest BCUT2D eigenvalue weighted by Crippen LogP contribution is -1.93. The molecule has 0 aliphatic heterocycles. The molecule has 0 nitrogen and oxygen atoms in total. The standard InChI is InChI=1S/C10H11BrCl2/c11-10-5-1-3-8(4-2-6-12)9(10)7-13/h1,3,5H,2,4,6-7H2. The Kier molecular flexibility index (Phi) is 5.15. The van der Waals surface area contributed by atoms with Gasteiger partial charge in [-0.15, -0.1) is 23.2 Å². The monoisotopic (exact) mass is 280 g/mol.